The van der Waals surface area contributed by atoms with Crippen molar-refractivity contribution in [3.05, 3.63) is 69.7 Å². The summed E-state index contributed by atoms with van der Waals surface area (Å²) >= 11 is 12.0. The molecule has 1 fully saturated rings. The normalized spacial score (nSPS) is 18.5. The highest BCUT2D eigenvalue weighted by Crippen LogP contribution is 2.27. The van der Waals surface area contributed by atoms with Gasteiger partial charge in [0.25, 0.3) is 5.78 Å². The molecule has 1 aliphatic heterocycles. The van der Waals surface area contributed by atoms with Crippen LogP contribution in [0.15, 0.2) is 48.5 Å². The van der Waals surface area contributed by atoms with Crippen LogP contribution in [0, 0.1) is 5.92 Å². The molecule has 0 aliphatic carbocycles. The van der Waals surface area contributed by atoms with E-state index in [0.29, 0.717) is 16.5 Å². The number of halogens is 5. The standard InChI is InChI=1S/C27H29Cl2F3N2O4/c1-16(2)24(25(36)27(30,31)32)33-26(37)22-13-19(38-15-18-6-4-3-5-7-18)14-34(22)23(35)11-9-17-8-10-20(28)21(29)12-17/h3-8,10,12,16,19,22,24H,9,11,13-15H2,1-2H3,(H,33,37)/t19-,22+,24?/m1/s1. The number of benzene rings is 2. The van der Waals surface area contributed by atoms with E-state index in [2.05, 4.69) is 5.32 Å². The second-order valence-corrected chi connectivity index (χ2v) is 10.4. The van der Waals surface area contributed by atoms with Gasteiger partial charge in [-0.05, 0) is 35.6 Å². The van der Waals surface area contributed by atoms with Gasteiger partial charge in [0.2, 0.25) is 11.8 Å². The summed E-state index contributed by atoms with van der Waals surface area (Å²) in [5.41, 5.74) is 1.66. The molecular formula is C27H29Cl2F3N2O4. The van der Waals surface area contributed by atoms with Crippen molar-refractivity contribution < 1.29 is 32.3 Å². The smallest absolute Gasteiger partial charge is 0.372 e. The van der Waals surface area contributed by atoms with Crippen LogP contribution in [0.4, 0.5) is 13.2 Å². The van der Waals surface area contributed by atoms with E-state index in [-0.39, 0.29) is 31.9 Å². The molecule has 0 spiro atoms. The Hall–Kier alpha value is -2.62. The lowest BCUT2D eigenvalue weighted by molar-refractivity contribution is -0.175. The van der Waals surface area contributed by atoms with Crippen LogP contribution in [0.25, 0.3) is 0 Å². The first-order valence-corrected chi connectivity index (χ1v) is 12.9. The number of hydrogen-bond acceptors (Lipinski definition) is 4. The maximum absolute atomic E-state index is 13.2. The van der Waals surface area contributed by atoms with Crippen LogP contribution in [0.5, 0.6) is 0 Å². The van der Waals surface area contributed by atoms with E-state index < -0.39 is 42.0 Å². The molecule has 1 N–H and O–H groups in total. The lowest BCUT2D eigenvalue weighted by Gasteiger charge is -2.28. The topological polar surface area (TPSA) is 75.7 Å². The number of hydrogen-bond donors (Lipinski definition) is 1. The number of carbonyl (C=O) groups excluding carboxylic acids is 3. The highest BCUT2D eigenvalue weighted by Gasteiger charge is 2.47. The number of likely N-dealkylation sites (tertiary alicyclic amines) is 1. The summed E-state index contributed by atoms with van der Waals surface area (Å²) < 4.78 is 45.3. The Kier molecular flexibility index (Phi) is 10.2. The highest BCUT2D eigenvalue weighted by atomic mass is 35.5. The van der Waals surface area contributed by atoms with Crippen molar-refractivity contribution in [3.63, 3.8) is 0 Å². The van der Waals surface area contributed by atoms with Crippen LogP contribution in [0.2, 0.25) is 10.0 Å². The van der Waals surface area contributed by atoms with Gasteiger partial charge in [-0.25, -0.2) is 0 Å². The first-order valence-electron chi connectivity index (χ1n) is 12.2. The van der Waals surface area contributed by atoms with E-state index in [1.165, 1.54) is 18.7 Å². The van der Waals surface area contributed by atoms with Gasteiger partial charge in [-0.3, -0.25) is 14.4 Å². The largest absolute Gasteiger partial charge is 0.452 e. The van der Waals surface area contributed by atoms with Crippen molar-refractivity contribution >= 4 is 40.8 Å². The number of ketones is 1. The number of amides is 2. The number of Topliss-reactive ketones (excluding diaryl/α,β-unsaturated/α-hetero) is 1. The molecule has 3 atom stereocenters. The third-order valence-corrected chi connectivity index (χ3v) is 7.09. The molecule has 0 saturated carbocycles. The minimum absolute atomic E-state index is 0.0300. The fourth-order valence-electron chi connectivity index (χ4n) is 4.28. The van der Waals surface area contributed by atoms with E-state index in [0.717, 1.165) is 11.1 Å². The third kappa shape index (κ3) is 7.94. The van der Waals surface area contributed by atoms with E-state index >= 15 is 0 Å². The van der Waals surface area contributed by atoms with E-state index in [1.807, 2.05) is 30.3 Å². The fraction of sp³-hybridized carbons (Fsp3) is 0.444. The molecule has 38 heavy (non-hydrogen) atoms. The summed E-state index contributed by atoms with van der Waals surface area (Å²) in [6, 6.07) is 11.5. The van der Waals surface area contributed by atoms with Crippen LogP contribution in [0.1, 0.15) is 37.8 Å². The average Bonchev–Trinajstić information content (AvgIpc) is 3.30. The SMILES string of the molecule is CC(C)C(NC(=O)[C@@H]1C[C@@H](OCc2ccccc2)CN1C(=O)CCc1ccc(Cl)c(Cl)c1)C(=O)C(F)(F)F. The summed E-state index contributed by atoms with van der Waals surface area (Å²) in [4.78, 5) is 39.6. The first kappa shape index (κ1) is 29.9. The molecular weight excluding hydrogens is 544 g/mol. The highest BCUT2D eigenvalue weighted by molar-refractivity contribution is 6.42. The molecule has 1 unspecified atom stereocenters. The molecule has 0 bridgehead atoms. The van der Waals surface area contributed by atoms with Gasteiger partial charge in [0, 0.05) is 19.4 Å². The molecule has 1 aliphatic rings. The Balaban J connectivity index is 1.74. The third-order valence-electron chi connectivity index (χ3n) is 6.35. The molecule has 2 amide bonds. The lowest BCUT2D eigenvalue weighted by atomic mass is 9.98. The molecule has 0 aromatic heterocycles. The number of nitrogens with one attached hydrogen (secondary N) is 1. The molecule has 6 nitrogen and oxygen atoms in total. The van der Waals surface area contributed by atoms with Gasteiger partial charge in [-0.2, -0.15) is 13.2 Å². The van der Waals surface area contributed by atoms with Crippen molar-refractivity contribution in [1.29, 1.82) is 0 Å². The van der Waals surface area contributed by atoms with Crippen molar-refractivity contribution in [2.75, 3.05) is 6.54 Å². The van der Waals surface area contributed by atoms with Gasteiger partial charge < -0.3 is 15.0 Å². The molecule has 206 valence electrons. The molecule has 1 saturated heterocycles. The summed E-state index contributed by atoms with van der Waals surface area (Å²) in [6.45, 7) is 3.15. The second kappa shape index (κ2) is 13.0. The van der Waals surface area contributed by atoms with Crippen LogP contribution < -0.4 is 5.32 Å². The average molecular weight is 573 g/mol. The van der Waals surface area contributed by atoms with Crippen molar-refractivity contribution in [1.82, 2.24) is 10.2 Å². The molecule has 2 aromatic rings. The van der Waals surface area contributed by atoms with Gasteiger partial charge >= 0.3 is 6.18 Å². The van der Waals surface area contributed by atoms with Crippen LogP contribution in [-0.2, 0) is 32.1 Å². The van der Waals surface area contributed by atoms with Gasteiger partial charge in [-0.15, -0.1) is 0 Å². The number of carbonyl (C=O) groups is 3. The number of aryl methyl sites for hydroxylation is 1. The summed E-state index contributed by atoms with van der Waals surface area (Å²) in [7, 11) is 0. The number of rotatable bonds is 10. The second-order valence-electron chi connectivity index (χ2n) is 9.56. The Labute approximate surface area is 229 Å². The summed E-state index contributed by atoms with van der Waals surface area (Å²) in [5, 5.41) is 2.97. The summed E-state index contributed by atoms with van der Waals surface area (Å²) in [6.07, 6.45) is -5.19. The number of alkyl halides is 3. The fourth-order valence-corrected chi connectivity index (χ4v) is 4.60. The zero-order valence-electron chi connectivity index (χ0n) is 20.9. The minimum atomic E-state index is -5.10. The Bertz CT molecular complexity index is 1140. The molecule has 2 aromatic carbocycles. The van der Waals surface area contributed by atoms with Crippen molar-refractivity contribution in [3.8, 4) is 0 Å². The van der Waals surface area contributed by atoms with E-state index in [4.69, 9.17) is 27.9 Å². The van der Waals surface area contributed by atoms with Gasteiger partial charge in [0.05, 0.1) is 28.8 Å². The molecule has 1 heterocycles. The molecule has 0 radical (unpaired) electrons. The van der Waals surface area contributed by atoms with Crippen LogP contribution in [0.3, 0.4) is 0 Å². The number of nitrogens with zero attached hydrogens (tertiary/aromatic N) is 1. The van der Waals surface area contributed by atoms with Crippen LogP contribution in [-0.4, -0.2) is 53.4 Å². The van der Waals surface area contributed by atoms with Gasteiger partial charge in [0.15, 0.2) is 0 Å². The monoisotopic (exact) mass is 572 g/mol. The van der Waals surface area contributed by atoms with Crippen LogP contribution >= 0.6 is 23.2 Å². The van der Waals surface area contributed by atoms with E-state index in [9.17, 15) is 27.6 Å². The van der Waals surface area contributed by atoms with Crippen molar-refractivity contribution in [2.24, 2.45) is 5.92 Å². The van der Waals surface area contributed by atoms with Gasteiger partial charge in [0.1, 0.15) is 6.04 Å². The quantitative estimate of drug-likeness (QED) is 0.414. The number of ether oxygens (including phenoxy) is 1. The maximum atomic E-state index is 13.2. The molecule has 3 rings (SSSR count). The molecule has 11 heteroatoms. The summed E-state index contributed by atoms with van der Waals surface area (Å²) in [5.74, 6) is -4.04. The predicted octanol–water partition coefficient (Wildman–Crippen LogP) is 5.38. The zero-order valence-corrected chi connectivity index (χ0v) is 22.4. The lowest BCUT2D eigenvalue weighted by Crippen LogP contribution is -2.54. The van der Waals surface area contributed by atoms with Gasteiger partial charge in [-0.1, -0.05) is 73.4 Å². The Morgan fingerprint density at radius 3 is 2.34 bits per heavy atom. The van der Waals surface area contributed by atoms with Crippen molar-refractivity contribution in [2.45, 2.75) is 64.1 Å². The van der Waals surface area contributed by atoms with E-state index in [1.54, 1.807) is 18.2 Å². The maximum Gasteiger partial charge on any atom is 0.452 e. The predicted molar refractivity (Wildman–Crippen MR) is 138 cm³/mol. The Morgan fingerprint density at radius 1 is 1.05 bits per heavy atom. The Morgan fingerprint density at radius 2 is 1.74 bits per heavy atom. The minimum Gasteiger partial charge on any atom is -0.372 e. The zero-order chi connectivity index (χ0) is 28.0. The first-order chi connectivity index (χ1) is 17.9.